The number of nitrogens with one attached hydrogen (secondary N) is 2. The van der Waals surface area contributed by atoms with Crippen molar-refractivity contribution in [1.29, 1.82) is 0 Å². The molecule has 39 heavy (non-hydrogen) atoms. The third-order valence-electron chi connectivity index (χ3n) is 7.03. The highest BCUT2D eigenvalue weighted by Crippen LogP contribution is 2.22. The van der Waals surface area contributed by atoms with Gasteiger partial charge in [-0.2, -0.15) is 0 Å². The van der Waals surface area contributed by atoms with E-state index in [9.17, 15) is 24.2 Å². The van der Waals surface area contributed by atoms with Gasteiger partial charge in [0, 0.05) is 32.4 Å². The van der Waals surface area contributed by atoms with Crippen LogP contribution in [0.5, 0.6) is 0 Å². The lowest BCUT2D eigenvalue weighted by molar-refractivity contribution is -0.147. The Hall–Kier alpha value is -3.08. The third-order valence-corrected chi connectivity index (χ3v) is 7.03. The van der Waals surface area contributed by atoms with E-state index < -0.39 is 29.7 Å². The Bertz CT molecular complexity index is 1070. The van der Waals surface area contributed by atoms with Gasteiger partial charge in [-0.15, -0.1) is 0 Å². The second-order valence-corrected chi connectivity index (χ2v) is 10.2. The highest BCUT2D eigenvalue weighted by molar-refractivity contribution is 5.89. The van der Waals surface area contributed by atoms with E-state index in [0.29, 0.717) is 12.1 Å². The van der Waals surface area contributed by atoms with E-state index in [1.807, 2.05) is 4.90 Å². The molecule has 1 amide bonds. The maximum atomic E-state index is 14.4. The van der Waals surface area contributed by atoms with Crippen LogP contribution in [-0.4, -0.2) is 84.1 Å². The Kier molecular flexibility index (Phi) is 11.6. The van der Waals surface area contributed by atoms with Gasteiger partial charge in [0.15, 0.2) is 5.60 Å². The predicted molar refractivity (Wildman–Crippen MR) is 147 cm³/mol. The molecule has 9 nitrogen and oxygen atoms in total. The van der Waals surface area contributed by atoms with E-state index >= 15 is 0 Å². The van der Waals surface area contributed by atoms with E-state index in [1.165, 1.54) is 19.6 Å². The minimum absolute atomic E-state index is 0.0540. The first-order chi connectivity index (χ1) is 18.7. The monoisotopic (exact) mass is 544 g/mol. The van der Waals surface area contributed by atoms with Gasteiger partial charge in [0.25, 0.3) is 5.91 Å². The summed E-state index contributed by atoms with van der Waals surface area (Å²) >= 11 is 0. The number of anilines is 1. The smallest absolute Gasteiger partial charge is 0.326 e. The first kappa shape index (κ1) is 30.5. The summed E-state index contributed by atoms with van der Waals surface area (Å²) in [5.41, 5.74) is 0.722. The molecule has 0 spiro atoms. The van der Waals surface area contributed by atoms with Gasteiger partial charge in [0.05, 0.1) is 6.61 Å². The SMILES string of the molecule is COCC(F)CN(CCCCc1ccc2c(n1)NCCC2)CCC(NC(=O)[C@](C)(O)c1ccccc1)C(=O)O. The van der Waals surface area contributed by atoms with Crippen LogP contribution in [0.1, 0.15) is 49.4 Å². The zero-order chi connectivity index (χ0) is 28.3. The summed E-state index contributed by atoms with van der Waals surface area (Å²) in [5.74, 6) is -1.05. The zero-order valence-electron chi connectivity index (χ0n) is 22.9. The highest BCUT2D eigenvalue weighted by atomic mass is 19.1. The van der Waals surface area contributed by atoms with Crippen molar-refractivity contribution in [3.05, 3.63) is 59.3 Å². The number of halogens is 1. The van der Waals surface area contributed by atoms with E-state index in [4.69, 9.17) is 9.72 Å². The van der Waals surface area contributed by atoms with Crippen molar-refractivity contribution in [2.75, 3.05) is 45.2 Å². The largest absolute Gasteiger partial charge is 0.480 e. The molecule has 3 rings (SSSR count). The molecule has 0 aliphatic carbocycles. The van der Waals surface area contributed by atoms with Gasteiger partial charge in [-0.3, -0.25) is 4.79 Å². The molecule has 0 fully saturated rings. The van der Waals surface area contributed by atoms with E-state index in [2.05, 4.69) is 22.8 Å². The maximum Gasteiger partial charge on any atom is 0.326 e. The summed E-state index contributed by atoms with van der Waals surface area (Å²) in [5, 5.41) is 26.3. The number of benzene rings is 1. The van der Waals surface area contributed by atoms with Crippen molar-refractivity contribution in [3.63, 3.8) is 0 Å². The number of unbranched alkanes of at least 4 members (excludes halogenated alkanes) is 1. The number of pyridine rings is 1. The fourth-order valence-corrected chi connectivity index (χ4v) is 4.72. The Labute approximate surface area is 229 Å². The zero-order valence-corrected chi connectivity index (χ0v) is 22.9. The van der Waals surface area contributed by atoms with Crippen LogP contribution in [0.3, 0.4) is 0 Å². The quantitative estimate of drug-likeness (QED) is 0.238. The number of aliphatic hydroxyl groups is 1. The number of carbonyl (C=O) groups is 2. The number of nitrogens with zero attached hydrogens (tertiary/aromatic N) is 2. The van der Waals surface area contributed by atoms with E-state index in [0.717, 1.165) is 50.2 Å². The Balaban J connectivity index is 1.54. The highest BCUT2D eigenvalue weighted by Gasteiger charge is 2.35. The van der Waals surface area contributed by atoms with Crippen LogP contribution in [0.4, 0.5) is 10.2 Å². The van der Waals surface area contributed by atoms with Gasteiger partial charge < -0.3 is 30.5 Å². The number of amides is 1. The van der Waals surface area contributed by atoms with Gasteiger partial charge in [0.2, 0.25) is 0 Å². The molecule has 0 saturated heterocycles. The van der Waals surface area contributed by atoms with Gasteiger partial charge >= 0.3 is 5.97 Å². The topological polar surface area (TPSA) is 124 Å². The average Bonchev–Trinajstić information content (AvgIpc) is 2.93. The lowest BCUT2D eigenvalue weighted by Crippen LogP contribution is -2.50. The van der Waals surface area contributed by atoms with Crippen molar-refractivity contribution < 1.29 is 28.9 Å². The number of fused-ring (bicyclic) bond motifs is 1. The lowest BCUT2D eigenvalue weighted by Gasteiger charge is -2.28. The summed E-state index contributed by atoms with van der Waals surface area (Å²) in [7, 11) is 1.44. The van der Waals surface area contributed by atoms with Gasteiger partial charge in [-0.25, -0.2) is 14.2 Å². The van der Waals surface area contributed by atoms with Crippen LogP contribution in [0.2, 0.25) is 0 Å². The summed E-state index contributed by atoms with van der Waals surface area (Å²) < 4.78 is 19.4. The average molecular weight is 545 g/mol. The number of rotatable bonds is 16. The minimum atomic E-state index is -1.89. The van der Waals surface area contributed by atoms with Crippen molar-refractivity contribution in [2.45, 2.75) is 63.3 Å². The van der Waals surface area contributed by atoms with Crippen LogP contribution in [0.15, 0.2) is 42.5 Å². The second kappa shape index (κ2) is 14.9. The second-order valence-electron chi connectivity index (χ2n) is 10.2. The lowest BCUT2D eigenvalue weighted by atomic mass is 9.94. The number of hydrogen-bond donors (Lipinski definition) is 4. The van der Waals surface area contributed by atoms with Crippen LogP contribution in [0, 0.1) is 0 Å². The molecule has 1 aromatic carbocycles. The number of aliphatic carboxylic acids is 1. The summed E-state index contributed by atoms with van der Waals surface area (Å²) in [6.07, 6.45) is 3.41. The number of carboxylic acid groups (broad SMARTS) is 1. The van der Waals surface area contributed by atoms with Crippen molar-refractivity contribution in [3.8, 4) is 0 Å². The first-order valence-corrected chi connectivity index (χ1v) is 13.6. The fraction of sp³-hybridized carbons (Fsp3) is 0.552. The first-order valence-electron chi connectivity index (χ1n) is 13.6. The van der Waals surface area contributed by atoms with Crippen molar-refractivity contribution in [1.82, 2.24) is 15.2 Å². The normalized spacial score (nSPS) is 16.0. The van der Waals surface area contributed by atoms with Gasteiger partial charge in [-0.05, 0) is 69.2 Å². The Morgan fingerprint density at radius 1 is 1.21 bits per heavy atom. The maximum absolute atomic E-state index is 14.4. The Morgan fingerprint density at radius 3 is 2.69 bits per heavy atom. The molecule has 2 unspecified atom stereocenters. The molecule has 0 radical (unpaired) electrons. The number of alkyl halides is 1. The summed E-state index contributed by atoms with van der Waals surface area (Å²) in [6, 6.07) is 11.3. The molecule has 10 heteroatoms. The number of ether oxygens (including phenoxy) is 1. The van der Waals surface area contributed by atoms with Crippen LogP contribution < -0.4 is 10.6 Å². The molecule has 0 saturated carbocycles. The summed E-state index contributed by atoms with van der Waals surface area (Å²) in [4.78, 5) is 31.3. The van der Waals surface area contributed by atoms with Crippen LogP contribution >= 0.6 is 0 Å². The standard InChI is InChI=1S/C29H41FN4O5/c1-29(38,22-10-4-3-5-11-22)28(37)33-25(27(35)36)15-18-34(19-23(30)20-39-2)17-7-6-12-24-14-13-21-9-8-16-31-26(21)32-24/h3-5,10-11,13-14,23,25,38H,6-9,12,15-20H2,1-2H3,(H,31,32)(H,33,37)(H,35,36)/t23?,25?,29-/m1/s1. The number of carboxylic acids is 1. The molecule has 3 atom stereocenters. The molecule has 1 aliphatic heterocycles. The molecule has 1 aliphatic rings. The van der Waals surface area contributed by atoms with Crippen LogP contribution in [0.25, 0.3) is 0 Å². The minimum Gasteiger partial charge on any atom is -0.480 e. The molecular weight excluding hydrogens is 503 g/mol. The van der Waals surface area contributed by atoms with Crippen molar-refractivity contribution >= 4 is 17.7 Å². The van der Waals surface area contributed by atoms with E-state index in [1.54, 1.807) is 30.3 Å². The van der Waals surface area contributed by atoms with Crippen molar-refractivity contribution in [2.24, 2.45) is 0 Å². The molecule has 1 aromatic heterocycles. The molecule has 4 N–H and O–H groups in total. The Morgan fingerprint density at radius 2 is 1.97 bits per heavy atom. The fourth-order valence-electron chi connectivity index (χ4n) is 4.72. The number of aromatic nitrogens is 1. The van der Waals surface area contributed by atoms with E-state index in [-0.39, 0.29) is 26.1 Å². The number of carbonyl (C=O) groups excluding carboxylic acids is 1. The molecular formula is C29H41FN4O5. The number of hydrogen-bond acceptors (Lipinski definition) is 7. The number of methoxy groups -OCH3 is 1. The molecule has 214 valence electrons. The van der Waals surface area contributed by atoms with Gasteiger partial charge in [-0.1, -0.05) is 36.4 Å². The predicted octanol–water partition coefficient (Wildman–Crippen LogP) is 2.92. The van der Waals surface area contributed by atoms with Crippen LogP contribution in [-0.2, 0) is 32.8 Å². The molecule has 2 aromatic rings. The summed E-state index contributed by atoms with van der Waals surface area (Å²) in [6.45, 7) is 3.13. The number of aryl methyl sites for hydroxylation is 2. The molecule has 2 heterocycles. The van der Waals surface area contributed by atoms with Gasteiger partial charge in [0.1, 0.15) is 18.0 Å². The third kappa shape index (κ3) is 9.26. The molecule has 0 bridgehead atoms.